The molecule has 3 rings (SSSR count). The lowest BCUT2D eigenvalue weighted by atomic mass is 10.0. The lowest BCUT2D eigenvalue weighted by Crippen LogP contribution is -2.21. The van der Waals surface area contributed by atoms with E-state index in [2.05, 4.69) is 79.8 Å². The molecule has 104 valence electrons. The Balaban J connectivity index is 2.12. The highest BCUT2D eigenvalue weighted by Crippen LogP contribution is 2.40. The monoisotopic (exact) mass is 429 g/mol. The van der Waals surface area contributed by atoms with Crippen LogP contribution in [0.4, 0.5) is 0 Å². The largest absolute Gasteiger partial charge is 0.306 e. The van der Waals surface area contributed by atoms with E-state index < -0.39 is 0 Å². The number of benzene rings is 1. The summed E-state index contributed by atoms with van der Waals surface area (Å²) in [5.74, 6) is 0. The third kappa shape index (κ3) is 2.74. The minimum atomic E-state index is 0.245. The van der Waals surface area contributed by atoms with Gasteiger partial charge in [-0.25, -0.2) is 0 Å². The number of thiophene rings is 2. The van der Waals surface area contributed by atoms with E-state index in [4.69, 9.17) is 0 Å². The highest BCUT2D eigenvalue weighted by molar-refractivity contribution is 9.13. The van der Waals surface area contributed by atoms with Gasteiger partial charge in [-0.1, -0.05) is 25.1 Å². The van der Waals surface area contributed by atoms with Crippen LogP contribution in [0, 0.1) is 0 Å². The lowest BCUT2D eigenvalue weighted by molar-refractivity contribution is 0.644. The van der Waals surface area contributed by atoms with Gasteiger partial charge in [0.15, 0.2) is 0 Å². The van der Waals surface area contributed by atoms with Crippen molar-refractivity contribution in [2.24, 2.45) is 0 Å². The zero-order chi connectivity index (χ0) is 14.1. The molecule has 0 amide bonds. The van der Waals surface area contributed by atoms with Crippen LogP contribution in [0.2, 0.25) is 0 Å². The van der Waals surface area contributed by atoms with Crippen LogP contribution in [-0.4, -0.2) is 6.54 Å². The van der Waals surface area contributed by atoms with Gasteiger partial charge in [-0.15, -0.1) is 22.7 Å². The maximum Gasteiger partial charge on any atom is 0.0843 e. The Morgan fingerprint density at radius 3 is 2.80 bits per heavy atom. The van der Waals surface area contributed by atoms with Crippen LogP contribution in [0.3, 0.4) is 0 Å². The molecule has 0 fully saturated rings. The van der Waals surface area contributed by atoms with Gasteiger partial charge in [0.05, 0.1) is 9.83 Å². The van der Waals surface area contributed by atoms with Gasteiger partial charge in [-0.05, 0) is 66.9 Å². The molecule has 1 aromatic carbocycles. The second-order valence-electron chi connectivity index (χ2n) is 4.45. The molecule has 0 aliphatic heterocycles. The van der Waals surface area contributed by atoms with Crippen molar-refractivity contribution in [1.82, 2.24) is 5.32 Å². The van der Waals surface area contributed by atoms with E-state index in [0.29, 0.717) is 0 Å². The van der Waals surface area contributed by atoms with Crippen LogP contribution in [0.15, 0.2) is 44.0 Å². The Morgan fingerprint density at radius 2 is 2.10 bits per heavy atom. The normalized spacial score (nSPS) is 12.9. The summed E-state index contributed by atoms with van der Waals surface area (Å²) >= 11 is 10.8. The van der Waals surface area contributed by atoms with Crippen molar-refractivity contribution in [2.75, 3.05) is 6.54 Å². The molecule has 2 aromatic heterocycles. The lowest BCUT2D eigenvalue weighted by Gasteiger charge is -2.17. The van der Waals surface area contributed by atoms with Crippen molar-refractivity contribution in [1.29, 1.82) is 0 Å². The molecule has 1 N–H and O–H groups in total. The van der Waals surface area contributed by atoms with E-state index in [9.17, 15) is 0 Å². The summed E-state index contributed by atoms with van der Waals surface area (Å²) < 4.78 is 3.65. The Labute approximate surface area is 143 Å². The summed E-state index contributed by atoms with van der Waals surface area (Å²) in [6.07, 6.45) is 0. The van der Waals surface area contributed by atoms with Crippen LogP contribution >= 0.6 is 54.5 Å². The molecule has 0 saturated carbocycles. The van der Waals surface area contributed by atoms with Gasteiger partial charge in [0, 0.05) is 14.0 Å². The average Bonchev–Trinajstić information content (AvgIpc) is 3.03. The number of nitrogens with one attached hydrogen (secondary N) is 1. The van der Waals surface area contributed by atoms with Gasteiger partial charge in [0.2, 0.25) is 0 Å². The van der Waals surface area contributed by atoms with Crippen molar-refractivity contribution in [3.8, 4) is 0 Å². The summed E-state index contributed by atoms with van der Waals surface area (Å²) in [4.78, 5) is 1.33. The molecule has 2 heterocycles. The van der Waals surface area contributed by atoms with Gasteiger partial charge in [-0.3, -0.25) is 0 Å². The van der Waals surface area contributed by atoms with Gasteiger partial charge in [0.25, 0.3) is 0 Å². The number of hydrogen-bond acceptors (Lipinski definition) is 3. The zero-order valence-corrected chi connectivity index (χ0v) is 15.6. The number of halogens is 2. The maximum atomic E-state index is 3.61. The highest BCUT2D eigenvalue weighted by atomic mass is 79.9. The molecular weight excluding hydrogens is 418 g/mol. The zero-order valence-electron chi connectivity index (χ0n) is 10.8. The van der Waals surface area contributed by atoms with E-state index >= 15 is 0 Å². The van der Waals surface area contributed by atoms with Crippen LogP contribution in [0.25, 0.3) is 10.1 Å². The summed E-state index contributed by atoms with van der Waals surface area (Å²) in [7, 11) is 0. The summed E-state index contributed by atoms with van der Waals surface area (Å²) in [6, 6.07) is 11.2. The standard InChI is InChI=1S/C15H13Br2NS2/c1-2-18-13(12-8-11(16)15(17)20-12)10-5-3-4-9-6-7-19-14(9)10/h3-8,13,18H,2H2,1H3. The van der Waals surface area contributed by atoms with E-state index in [-0.39, 0.29) is 6.04 Å². The first-order valence-corrected chi connectivity index (χ1v) is 9.63. The SMILES string of the molecule is CCNC(c1cc(Br)c(Br)s1)c1cccc2ccsc12. The first-order chi connectivity index (χ1) is 9.70. The summed E-state index contributed by atoms with van der Waals surface area (Å²) in [6.45, 7) is 3.10. The number of fused-ring (bicyclic) bond motifs is 1. The third-order valence-electron chi connectivity index (χ3n) is 3.18. The van der Waals surface area contributed by atoms with Crippen LogP contribution < -0.4 is 5.32 Å². The summed E-state index contributed by atoms with van der Waals surface area (Å²) in [5.41, 5.74) is 1.36. The second kappa shape index (κ2) is 6.28. The van der Waals surface area contributed by atoms with E-state index in [0.717, 1.165) is 14.8 Å². The fourth-order valence-electron chi connectivity index (χ4n) is 2.32. The van der Waals surface area contributed by atoms with Crippen LogP contribution in [0.1, 0.15) is 23.4 Å². The molecule has 0 aliphatic rings. The van der Waals surface area contributed by atoms with E-state index in [1.165, 1.54) is 20.5 Å². The third-order valence-corrected chi connectivity index (χ3v) is 7.48. The number of hydrogen-bond donors (Lipinski definition) is 1. The molecular formula is C15H13Br2NS2. The molecule has 1 nitrogen and oxygen atoms in total. The Hall–Kier alpha value is -0.200. The molecule has 1 atom stereocenters. The smallest absolute Gasteiger partial charge is 0.0843 e. The van der Waals surface area contributed by atoms with Gasteiger partial charge in [0.1, 0.15) is 0 Å². The van der Waals surface area contributed by atoms with Crippen LogP contribution in [-0.2, 0) is 0 Å². The maximum absolute atomic E-state index is 3.61. The van der Waals surface area contributed by atoms with Crippen molar-refractivity contribution < 1.29 is 0 Å². The van der Waals surface area contributed by atoms with Crippen LogP contribution in [0.5, 0.6) is 0 Å². The van der Waals surface area contributed by atoms with Crippen molar-refractivity contribution in [2.45, 2.75) is 13.0 Å². The molecule has 1 unspecified atom stereocenters. The van der Waals surface area contributed by atoms with Gasteiger partial charge < -0.3 is 5.32 Å². The predicted octanol–water partition coefficient (Wildman–Crippen LogP) is 6.19. The fourth-order valence-corrected chi connectivity index (χ4v) is 5.45. The minimum Gasteiger partial charge on any atom is -0.306 e. The molecule has 5 heteroatoms. The molecule has 0 saturated heterocycles. The fraction of sp³-hybridized carbons (Fsp3) is 0.200. The second-order valence-corrected chi connectivity index (χ2v) is 8.62. The van der Waals surface area contributed by atoms with Crippen molar-refractivity contribution in [3.05, 3.63) is 54.4 Å². The summed E-state index contributed by atoms with van der Waals surface area (Å²) in [5, 5.41) is 7.10. The molecule has 0 spiro atoms. The van der Waals surface area contributed by atoms with Crippen molar-refractivity contribution in [3.63, 3.8) is 0 Å². The first kappa shape index (κ1) is 14.7. The molecule has 0 radical (unpaired) electrons. The molecule has 0 aliphatic carbocycles. The van der Waals surface area contributed by atoms with Gasteiger partial charge >= 0.3 is 0 Å². The Kier molecular flexibility index (Phi) is 4.62. The minimum absolute atomic E-state index is 0.245. The first-order valence-electron chi connectivity index (χ1n) is 6.35. The van der Waals surface area contributed by atoms with E-state index in [1.54, 1.807) is 11.3 Å². The highest BCUT2D eigenvalue weighted by Gasteiger charge is 2.19. The Bertz CT molecular complexity index is 713. The molecule has 20 heavy (non-hydrogen) atoms. The van der Waals surface area contributed by atoms with Gasteiger partial charge in [-0.2, -0.15) is 0 Å². The van der Waals surface area contributed by atoms with E-state index in [1.807, 2.05) is 11.3 Å². The van der Waals surface area contributed by atoms with Crippen molar-refractivity contribution >= 4 is 64.6 Å². The topological polar surface area (TPSA) is 12.0 Å². The quantitative estimate of drug-likeness (QED) is 0.520. The number of rotatable bonds is 4. The predicted molar refractivity (Wildman–Crippen MR) is 97.1 cm³/mol. The average molecular weight is 431 g/mol. The molecule has 3 aromatic rings. The molecule has 0 bridgehead atoms. The Morgan fingerprint density at radius 1 is 1.25 bits per heavy atom.